The molecule has 0 N–H and O–H groups in total. The van der Waals surface area contributed by atoms with Crippen LogP contribution in [0.3, 0.4) is 0 Å². The molecular weight excluding hydrogens is 460 g/mol. The predicted molar refractivity (Wildman–Crippen MR) is 136 cm³/mol. The first-order valence-corrected chi connectivity index (χ1v) is 12.8. The highest BCUT2D eigenvalue weighted by Gasteiger charge is 2.33. The molecule has 1 aliphatic heterocycles. The Kier molecular flexibility index (Phi) is 7.88. The molecule has 4 rings (SSSR count). The second-order valence-corrected chi connectivity index (χ2v) is 10.5. The molecular formula is C28H33ClN4O2. The number of nitrogens with zero attached hydrogens (tertiary/aromatic N) is 4. The summed E-state index contributed by atoms with van der Waals surface area (Å²) >= 11 is 6.47. The number of hydrogen-bond acceptors (Lipinski definition) is 5. The lowest BCUT2D eigenvalue weighted by Crippen LogP contribution is -2.54. The summed E-state index contributed by atoms with van der Waals surface area (Å²) in [5.74, 6) is 0.463. The van der Waals surface area contributed by atoms with Crippen LogP contribution in [0.25, 0.3) is 0 Å². The number of rotatable bonds is 6. The first kappa shape index (κ1) is 25.3. The highest BCUT2D eigenvalue weighted by Crippen LogP contribution is 2.29. The summed E-state index contributed by atoms with van der Waals surface area (Å²) in [5.41, 5.74) is 4.51. The molecule has 1 saturated heterocycles. The van der Waals surface area contributed by atoms with E-state index in [1.54, 1.807) is 13.0 Å². The number of pyridine rings is 1. The maximum absolute atomic E-state index is 13.0. The standard InChI is InChI=1S/C28H33ClN4O2/c1-18-16-32(8-9-33(18)28(35)21-6-4-5-7-21)17-25-12-26(29)11-22(19(25)2)13-27(34)24-10-23(14-30)20(3)31-15-24/h10-12,15,18,21H,4-9,13,16-17H2,1-3H3/t18-/m0/s1. The van der Waals surface area contributed by atoms with Gasteiger partial charge in [-0.3, -0.25) is 19.5 Å². The number of piperazine rings is 1. The van der Waals surface area contributed by atoms with Crippen LogP contribution in [0.4, 0.5) is 0 Å². The number of amides is 1. The number of nitriles is 1. The molecule has 0 unspecified atom stereocenters. The molecule has 0 spiro atoms. The number of benzene rings is 1. The fourth-order valence-corrected chi connectivity index (χ4v) is 5.63. The van der Waals surface area contributed by atoms with Gasteiger partial charge in [-0.25, -0.2) is 0 Å². The molecule has 35 heavy (non-hydrogen) atoms. The average molecular weight is 493 g/mol. The van der Waals surface area contributed by atoms with Crippen molar-refractivity contribution in [3.63, 3.8) is 0 Å². The topological polar surface area (TPSA) is 77.3 Å². The summed E-state index contributed by atoms with van der Waals surface area (Å²) in [4.78, 5) is 34.5. The minimum Gasteiger partial charge on any atom is -0.337 e. The zero-order chi connectivity index (χ0) is 25.1. The number of ketones is 1. The van der Waals surface area contributed by atoms with Gasteiger partial charge < -0.3 is 4.90 Å². The van der Waals surface area contributed by atoms with Gasteiger partial charge >= 0.3 is 0 Å². The maximum atomic E-state index is 13.0. The van der Waals surface area contributed by atoms with Crippen molar-refractivity contribution in [3.8, 4) is 6.07 Å². The van der Waals surface area contributed by atoms with E-state index >= 15 is 0 Å². The van der Waals surface area contributed by atoms with Crippen LogP contribution in [-0.2, 0) is 17.8 Å². The molecule has 6 nitrogen and oxygen atoms in total. The van der Waals surface area contributed by atoms with E-state index < -0.39 is 0 Å². The summed E-state index contributed by atoms with van der Waals surface area (Å²) in [7, 11) is 0. The number of aromatic nitrogens is 1. The van der Waals surface area contributed by atoms with E-state index in [2.05, 4.69) is 27.8 Å². The van der Waals surface area contributed by atoms with Gasteiger partial charge in [-0.2, -0.15) is 5.26 Å². The quantitative estimate of drug-likeness (QED) is 0.537. The van der Waals surface area contributed by atoms with Crippen molar-refractivity contribution >= 4 is 23.3 Å². The van der Waals surface area contributed by atoms with Crippen molar-refractivity contribution in [2.75, 3.05) is 19.6 Å². The lowest BCUT2D eigenvalue weighted by atomic mass is 9.95. The summed E-state index contributed by atoms with van der Waals surface area (Å²) in [6, 6.07) is 7.72. The Morgan fingerprint density at radius 1 is 1.14 bits per heavy atom. The van der Waals surface area contributed by atoms with Crippen molar-refractivity contribution in [3.05, 3.63) is 62.9 Å². The van der Waals surface area contributed by atoms with Gasteiger partial charge in [0, 0.05) is 61.3 Å². The molecule has 2 aliphatic rings. The van der Waals surface area contributed by atoms with Crippen molar-refractivity contribution in [1.82, 2.24) is 14.8 Å². The van der Waals surface area contributed by atoms with Crippen LogP contribution in [0.2, 0.25) is 5.02 Å². The summed E-state index contributed by atoms with van der Waals surface area (Å²) in [6.45, 7) is 9.06. The lowest BCUT2D eigenvalue weighted by Gasteiger charge is -2.41. The molecule has 1 atom stereocenters. The highest BCUT2D eigenvalue weighted by molar-refractivity contribution is 6.30. The third-order valence-electron chi connectivity index (χ3n) is 7.56. The van der Waals surface area contributed by atoms with Crippen molar-refractivity contribution < 1.29 is 9.59 Å². The second kappa shape index (κ2) is 10.9. The minimum absolute atomic E-state index is 0.0852. The number of hydrogen-bond donors (Lipinski definition) is 0. The summed E-state index contributed by atoms with van der Waals surface area (Å²) in [5, 5.41) is 9.87. The molecule has 0 bridgehead atoms. The number of Topliss-reactive ketones (excluding diaryl/α,β-unsaturated/α-hetero) is 1. The van der Waals surface area contributed by atoms with Crippen LogP contribution in [0.5, 0.6) is 0 Å². The van der Waals surface area contributed by atoms with E-state index in [-0.39, 0.29) is 24.2 Å². The van der Waals surface area contributed by atoms with Crippen LogP contribution in [0, 0.1) is 31.1 Å². The van der Waals surface area contributed by atoms with Crippen LogP contribution >= 0.6 is 11.6 Å². The Balaban J connectivity index is 1.44. The van der Waals surface area contributed by atoms with E-state index in [0.717, 1.165) is 55.7 Å². The molecule has 2 heterocycles. The zero-order valence-corrected chi connectivity index (χ0v) is 21.6. The molecule has 2 fully saturated rings. The van der Waals surface area contributed by atoms with Gasteiger partial charge in [-0.05, 0) is 68.5 Å². The van der Waals surface area contributed by atoms with Gasteiger partial charge in [0.05, 0.1) is 11.3 Å². The molecule has 1 aromatic heterocycles. The van der Waals surface area contributed by atoms with Crippen LogP contribution in [0.1, 0.15) is 70.9 Å². The van der Waals surface area contributed by atoms with Gasteiger partial charge in [0.15, 0.2) is 5.78 Å². The van der Waals surface area contributed by atoms with Crippen LogP contribution in [-0.4, -0.2) is 52.2 Å². The first-order chi connectivity index (χ1) is 16.8. The van der Waals surface area contributed by atoms with E-state index in [9.17, 15) is 14.9 Å². The number of carbonyl (C=O) groups excluding carboxylic acids is 2. The smallest absolute Gasteiger partial charge is 0.226 e. The summed E-state index contributed by atoms with van der Waals surface area (Å²) in [6.07, 6.45) is 6.14. The third-order valence-corrected chi connectivity index (χ3v) is 7.78. The SMILES string of the molecule is Cc1ncc(C(=O)Cc2cc(Cl)cc(CN3CCN(C(=O)C4CCCC4)[C@@H](C)C3)c2C)cc1C#N. The Morgan fingerprint density at radius 2 is 1.86 bits per heavy atom. The Hall–Kier alpha value is -2.75. The fourth-order valence-electron chi connectivity index (χ4n) is 5.37. The average Bonchev–Trinajstić information content (AvgIpc) is 3.37. The Morgan fingerprint density at radius 3 is 2.54 bits per heavy atom. The normalized spacial score (nSPS) is 19.1. The van der Waals surface area contributed by atoms with E-state index in [1.165, 1.54) is 19.0 Å². The maximum Gasteiger partial charge on any atom is 0.226 e. The first-order valence-electron chi connectivity index (χ1n) is 12.5. The Bertz CT molecular complexity index is 1170. The van der Waals surface area contributed by atoms with E-state index in [0.29, 0.717) is 27.8 Å². The van der Waals surface area contributed by atoms with E-state index in [1.807, 2.05) is 19.1 Å². The monoisotopic (exact) mass is 492 g/mol. The fraction of sp³-hybridized carbons (Fsp3) is 0.500. The summed E-state index contributed by atoms with van der Waals surface area (Å²) < 4.78 is 0. The molecule has 184 valence electrons. The van der Waals surface area contributed by atoms with Gasteiger partial charge in [-0.1, -0.05) is 24.4 Å². The second-order valence-electron chi connectivity index (χ2n) is 10.0. The van der Waals surface area contributed by atoms with E-state index in [4.69, 9.17) is 11.6 Å². The Labute approximate surface area is 212 Å². The minimum atomic E-state index is -0.0852. The molecule has 1 aliphatic carbocycles. The molecule has 2 aromatic rings. The number of halogens is 1. The van der Waals surface area contributed by atoms with Crippen LogP contribution in [0.15, 0.2) is 24.4 Å². The van der Waals surface area contributed by atoms with Crippen molar-refractivity contribution in [1.29, 1.82) is 5.26 Å². The van der Waals surface area contributed by atoms with Gasteiger partial charge in [0.1, 0.15) is 6.07 Å². The van der Waals surface area contributed by atoms with Crippen LogP contribution < -0.4 is 0 Å². The largest absolute Gasteiger partial charge is 0.337 e. The molecule has 1 amide bonds. The number of aryl methyl sites for hydroxylation is 1. The van der Waals surface area contributed by atoms with Gasteiger partial charge in [0.25, 0.3) is 0 Å². The van der Waals surface area contributed by atoms with Gasteiger partial charge in [0.2, 0.25) is 5.91 Å². The molecule has 1 aromatic carbocycles. The van der Waals surface area contributed by atoms with Gasteiger partial charge in [-0.15, -0.1) is 0 Å². The molecule has 0 radical (unpaired) electrons. The third kappa shape index (κ3) is 5.74. The molecule has 7 heteroatoms. The van der Waals surface area contributed by atoms with Crippen molar-refractivity contribution in [2.24, 2.45) is 5.92 Å². The molecule has 1 saturated carbocycles. The van der Waals surface area contributed by atoms with Crippen molar-refractivity contribution in [2.45, 2.75) is 65.5 Å². The zero-order valence-electron chi connectivity index (χ0n) is 20.8. The predicted octanol–water partition coefficient (Wildman–Crippen LogP) is 4.87. The lowest BCUT2D eigenvalue weighted by molar-refractivity contribution is -0.140. The number of carbonyl (C=O) groups is 2. The highest BCUT2D eigenvalue weighted by atomic mass is 35.5.